The smallest absolute Gasteiger partial charge is 0.326 e. The van der Waals surface area contributed by atoms with Crippen LogP contribution >= 0.6 is 0 Å². The molecule has 150 valence electrons. The normalized spacial score (nSPS) is 24.5. The number of hydrogen-bond donors (Lipinski definition) is 2. The van der Waals surface area contributed by atoms with Crippen molar-refractivity contribution in [2.45, 2.75) is 31.8 Å². The zero-order valence-electron chi connectivity index (χ0n) is 15.7. The van der Waals surface area contributed by atoms with Gasteiger partial charge < -0.3 is 20.1 Å². The minimum absolute atomic E-state index is 0.0602. The van der Waals surface area contributed by atoms with E-state index in [2.05, 4.69) is 15.3 Å². The molecule has 2 amide bonds. The van der Waals surface area contributed by atoms with Gasteiger partial charge in [-0.3, -0.25) is 14.6 Å². The van der Waals surface area contributed by atoms with E-state index in [4.69, 9.17) is 4.74 Å². The van der Waals surface area contributed by atoms with Crippen LogP contribution in [-0.4, -0.2) is 56.4 Å². The number of carboxylic acid groups (broad SMARTS) is 1. The van der Waals surface area contributed by atoms with Crippen molar-refractivity contribution >= 4 is 17.8 Å². The third-order valence-corrected chi connectivity index (χ3v) is 5.45. The van der Waals surface area contributed by atoms with Gasteiger partial charge in [0.1, 0.15) is 23.2 Å². The van der Waals surface area contributed by atoms with E-state index in [0.717, 1.165) is 6.42 Å². The highest BCUT2D eigenvalue weighted by molar-refractivity contribution is 5.95. The van der Waals surface area contributed by atoms with Gasteiger partial charge in [-0.1, -0.05) is 6.92 Å². The fourth-order valence-electron chi connectivity index (χ4n) is 3.80. The number of aromatic nitrogens is 2. The van der Waals surface area contributed by atoms with E-state index < -0.39 is 23.8 Å². The topological polar surface area (TPSA) is 122 Å². The number of aliphatic carboxylic acids is 1. The highest BCUT2D eigenvalue weighted by Gasteiger charge is 2.64. The predicted octanol–water partition coefficient (Wildman–Crippen LogP) is 1.46. The van der Waals surface area contributed by atoms with Crippen molar-refractivity contribution in [3.63, 3.8) is 0 Å². The molecule has 1 aliphatic heterocycles. The van der Waals surface area contributed by atoms with E-state index in [0.29, 0.717) is 17.9 Å². The quantitative estimate of drug-likeness (QED) is 0.758. The zero-order chi connectivity index (χ0) is 20.6. The Balaban J connectivity index is 1.34. The lowest BCUT2D eigenvalue weighted by molar-refractivity contribution is -0.149. The standard InChI is InChI=1S/C20H20N4O5/c1-20-7-15(19(27)28)24(16(20)8-20)17(25)11-23-18(26)14-5-4-13(10-22-14)29-12-3-2-6-21-9-12/h2-6,9-10,15-16H,7-8,11H2,1H3,(H,23,26)(H,27,28)/t15-,16-,20+/m0/s1. The van der Waals surface area contributed by atoms with Gasteiger partial charge in [-0.15, -0.1) is 0 Å². The molecule has 2 fully saturated rings. The summed E-state index contributed by atoms with van der Waals surface area (Å²) >= 11 is 0. The van der Waals surface area contributed by atoms with Crippen LogP contribution in [0.2, 0.25) is 0 Å². The molecule has 0 radical (unpaired) electrons. The van der Waals surface area contributed by atoms with Crippen molar-refractivity contribution in [1.82, 2.24) is 20.2 Å². The molecule has 1 saturated carbocycles. The van der Waals surface area contributed by atoms with Crippen molar-refractivity contribution in [1.29, 1.82) is 0 Å². The van der Waals surface area contributed by atoms with Crippen LogP contribution in [-0.2, 0) is 9.59 Å². The minimum atomic E-state index is -1.01. The first kappa shape index (κ1) is 18.9. The largest absolute Gasteiger partial charge is 0.480 e. The SMILES string of the molecule is C[C@@]12C[C@@H]1N(C(=O)CNC(=O)c1ccc(Oc3cccnc3)cn1)[C@H](C(=O)O)C2. The van der Waals surface area contributed by atoms with Gasteiger partial charge in [0, 0.05) is 12.2 Å². The maximum absolute atomic E-state index is 12.5. The maximum atomic E-state index is 12.5. The Bertz CT molecular complexity index is 949. The summed E-state index contributed by atoms with van der Waals surface area (Å²) in [6, 6.07) is 5.67. The minimum Gasteiger partial charge on any atom is -0.480 e. The van der Waals surface area contributed by atoms with Crippen LogP contribution in [0.15, 0.2) is 42.9 Å². The average molecular weight is 396 g/mol. The highest BCUT2D eigenvalue weighted by Crippen LogP contribution is 2.59. The van der Waals surface area contributed by atoms with Gasteiger partial charge >= 0.3 is 5.97 Å². The number of nitrogens with zero attached hydrogens (tertiary/aromatic N) is 3. The number of carbonyl (C=O) groups is 3. The molecule has 4 rings (SSSR count). The molecule has 2 aliphatic rings. The Hall–Kier alpha value is -3.49. The van der Waals surface area contributed by atoms with Gasteiger partial charge in [0.2, 0.25) is 5.91 Å². The van der Waals surface area contributed by atoms with Crippen LogP contribution in [0.4, 0.5) is 0 Å². The lowest BCUT2D eigenvalue weighted by Gasteiger charge is -2.24. The molecule has 0 aromatic carbocycles. The zero-order valence-corrected chi connectivity index (χ0v) is 15.7. The van der Waals surface area contributed by atoms with Gasteiger partial charge in [-0.25, -0.2) is 9.78 Å². The summed E-state index contributed by atoms with van der Waals surface area (Å²) in [5, 5.41) is 11.9. The monoisotopic (exact) mass is 396 g/mol. The van der Waals surface area contributed by atoms with Crippen molar-refractivity contribution in [2.24, 2.45) is 5.41 Å². The number of likely N-dealkylation sites (tertiary alicyclic amines) is 1. The van der Waals surface area contributed by atoms with Crippen LogP contribution in [0.3, 0.4) is 0 Å². The number of ether oxygens (including phenoxy) is 1. The molecule has 3 atom stereocenters. The van der Waals surface area contributed by atoms with Gasteiger partial charge in [-0.2, -0.15) is 0 Å². The molecule has 0 bridgehead atoms. The summed E-state index contributed by atoms with van der Waals surface area (Å²) in [6.07, 6.45) is 5.84. The lowest BCUT2D eigenvalue weighted by atomic mass is 10.0. The molecular weight excluding hydrogens is 376 g/mol. The van der Waals surface area contributed by atoms with Crippen LogP contribution in [0.1, 0.15) is 30.3 Å². The summed E-state index contributed by atoms with van der Waals surface area (Å²) in [6.45, 7) is 1.71. The Kier molecular flexibility index (Phi) is 4.65. The second kappa shape index (κ2) is 7.16. The lowest BCUT2D eigenvalue weighted by Crippen LogP contribution is -2.47. The molecule has 9 nitrogen and oxygen atoms in total. The number of pyridine rings is 2. The van der Waals surface area contributed by atoms with Gasteiger partial charge in [0.25, 0.3) is 5.91 Å². The summed E-state index contributed by atoms with van der Waals surface area (Å²) in [7, 11) is 0. The molecule has 2 aromatic heterocycles. The first-order valence-electron chi connectivity index (χ1n) is 9.23. The Labute approximate surface area is 166 Å². The second-order valence-corrected chi connectivity index (χ2v) is 7.59. The van der Waals surface area contributed by atoms with Gasteiger partial charge in [0.05, 0.1) is 18.9 Å². The van der Waals surface area contributed by atoms with Gasteiger partial charge in [-0.05, 0) is 42.5 Å². The highest BCUT2D eigenvalue weighted by atomic mass is 16.5. The maximum Gasteiger partial charge on any atom is 0.326 e. The summed E-state index contributed by atoms with van der Waals surface area (Å²) in [5.41, 5.74) is 0.0118. The summed E-state index contributed by atoms with van der Waals surface area (Å²) in [4.78, 5) is 45.7. The molecular formula is C20H20N4O5. The summed E-state index contributed by atoms with van der Waals surface area (Å²) < 4.78 is 5.57. The number of fused-ring (bicyclic) bond motifs is 1. The molecule has 2 aromatic rings. The molecule has 1 saturated heterocycles. The third-order valence-electron chi connectivity index (χ3n) is 5.45. The average Bonchev–Trinajstić information content (AvgIpc) is 3.27. The molecule has 9 heteroatoms. The van der Waals surface area contributed by atoms with Crippen molar-refractivity contribution in [2.75, 3.05) is 6.54 Å². The van der Waals surface area contributed by atoms with Gasteiger partial charge in [0.15, 0.2) is 0 Å². The van der Waals surface area contributed by atoms with E-state index in [9.17, 15) is 19.5 Å². The van der Waals surface area contributed by atoms with Crippen LogP contribution in [0.25, 0.3) is 0 Å². The second-order valence-electron chi connectivity index (χ2n) is 7.59. The first-order chi connectivity index (χ1) is 13.9. The molecule has 2 N–H and O–H groups in total. The Morgan fingerprint density at radius 1 is 1.24 bits per heavy atom. The Morgan fingerprint density at radius 2 is 2.03 bits per heavy atom. The Morgan fingerprint density at radius 3 is 2.69 bits per heavy atom. The number of nitrogens with one attached hydrogen (secondary N) is 1. The van der Waals surface area contributed by atoms with Crippen LogP contribution in [0.5, 0.6) is 11.5 Å². The van der Waals surface area contributed by atoms with Crippen molar-refractivity contribution in [3.8, 4) is 11.5 Å². The van der Waals surface area contributed by atoms with E-state index in [-0.39, 0.29) is 23.7 Å². The van der Waals surface area contributed by atoms with Crippen LogP contribution in [0, 0.1) is 5.41 Å². The number of amides is 2. The van der Waals surface area contributed by atoms with E-state index in [1.54, 1.807) is 30.6 Å². The molecule has 29 heavy (non-hydrogen) atoms. The van der Waals surface area contributed by atoms with Crippen molar-refractivity contribution < 1.29 is 24.2 Å². The number of carboxylic acids is 1. The number of carbonyl (C=O) groups excluding carboxylic acids is 2. The molecule has 1 aliphatic carbocycles. The predicted molar refractivity (Wildman–Crippen MR) is 100 cm³/mol. The number of rotatable bonds is 6. The van der Waals surface area contributed by atoms with E-state index in [1.165, 1.54) is 17.2 Å². The third kappa shape index (κ3) is 3.75. The fourth-order valence-corrected chi connectivity index (χ4v) is 3.80. The number of hydrogen-bond acceptors (Lipinski definition) is 6. The molecule has 0 spiro atoms. The molecule has 0 unspecified atom stereocenters. The molecule has 3 heterocycles. The van der Waals surface area contributed by atoms with Crippen LogP contribution < -0.4 is 10.1 Å². The van der Waals surface area contributed by atoms with E-state index in [1.807, 2.05) is 6.92 Å². The first-order valence-corrected chi connectivity index (χ1v) is 9.23. The number of piperidine rings is 1. The summed E-state index contributed by atoms with van der Waals surface area (Å²) in [5.74, 6) is -0.934. The fraction of sp³-hybridized carbons (Fsp3) is 0.350. The van der Waals surface area contributed by atoms with Crippen molar-refractivity contribution in [3.05, 3.63) is 48.5 Å². The van der Waals surface area contributed by atoms with E-state index >= 15 is 0 Å².